The van der Waals surface area contributed by atoms with Crippen molar-refractivity contribution in [2.45, 2.75) is 33.6 Å². The lowest BCUT2D eigenvalue weighted by molar-refractivity contribution is -0.148. The van der Waals surface area contributed by atoms with Crippen LogP contribution in [0, 0.1) is 19.8 Å². The number of anilines is 1. The van der Waals surface area contributed by atoms with Crippen molar-refractivity contribution in [3.63, 3.8) is 0 Å². The second-order valence-electron chi connectivity index (χ2n) is 8.03. The molecule has 1 aliphatic heterocycles. The van der Waals surface area contributed by atoms with E-state index in [2.05, 4.69) is 11.0 Å². The van der Waals surface area contributed by atoms with E-state index in [1.807, 2.05) is 43.5 Å². The largest absolute Gasteiger partial charge is 0.493 e. The molecule has 8 heteroatoms. The molecule has 1 fully saturated rings. The molecule has 3 aromatic rings. The number of aryl methyl sites for hydroxylation is 2. The summed E-state index contributed by atoms with van der Waals surface area (Å²) in [6, 6.07) is 7.91. The summed E-state index contributed by atoms with van der Waals surface area (Å²) in [4.78, 5) is 19.2. The third-order valence-corrected chi connectivity index (χ3v) is 5.98. The first-order chi connectivity index (χ1) is 15.5. The molecule has 0 N–H and O–H groups in total. The minimum Gasteiger partial charge on any atom is -0.493 e. The summed E-state index contributed by atoms with van der Waals surface area (Å²) >= 11 is 0. The number of ether oxygens (including phenoxy) is 3. The van der Waals surface area contributed by atoms with Crippen LogP contribution >= 0.6 is 0 Å². The van der Waals surface area contributed by atoms with E-state index in [1.165, 1.54) is 0 Å². The summed E-state index contributed by atoms with van der Waals surface area (Å²) in [6.07, 6.45) is 1.54. The first kappa shape index (κ1) is 21.9. The van der Waals surface area contributed by atoms with Gasteiger partial charge in [0.25, 0.3) is 0 Å². The van der Waals surface area contributed by atoms with E-state index in [0.29, 0.717) is 18.1 Å². The Kier molecular flexibility index (Phi) is 6.21. The fourth-order valence-corrected chi connectivity index (χ4v) is 4.38. The summed E-state index contributed by atoms with van der Waals surface area (Å²) in [5.74, 6) is 2.21. The quantitative estimate of drug-likeness (QED) is 0.542. The summed E-state index contributed by atoms with van der Waals surface area (Å²) < 4.78 is 18.0. The average molecular weight is 439 g/mol. The van der Waals surface area contributed by atoms with Gasteiger partial charge < -0.3 is 19.1 Å². The van der Waals surface area contributed by atoms with Gasteiger partial charge in [-0.25, -0.2) is 4.98 Å². The van der Waals surface area contributed by atoms with Gasteiger partial charge in [0.15, 0.2) is 17.1 Å². The lowest BCUT2D eigenvalue weighted by atomic mass is 9.97. The van der Waals surface area contributed by atoms with Crippen LogP contribution in [0.15, 0.2) is 24.3 Å². The highest BCUT2D eigenvalue weighted by atomic mass is 16.5. The van der Waals surface area contributed by atoms with Gasteiger partial charge in [0.1, 0.15) is 5.82 Å². The number of piperidine rings is 1. The summed E-state index contributed by atoms with van der Waals surface area (Å²) in [6.45, 7) is 7.80. The number of hydrogen-bond acceptors (Lipinski definition) is 7. The molecule has 4 rings (SSSR count). The maximum Gasteiger partial charge on any atom is 0.309 e. The van der Waals surface area contributed by atoms with Gasteiger partial charge in [0, 0.05) is 30.4 Å². The summed E-state index contributed by atoms with van der Waals surface area (Å²) in [7, 11) is 3.26. The van der Waals surface area contributed by atoms with Crippen LogP contribution in [-0.4, -0.2) is 54.5 Å². The Morgan fingerprint density at radius 1 is 1.09 bits per heavy atom. The number of esters is 1. The van der Waals surface area contributed by atoms with Gasteiger partial charge in [-0.3, -0.25) is 4.79 Å². The predicted octanol–water partition coefficient (Wildman–Crippen LogP) is 3.81. The van der Waals surface area contributed by atoms with Crippen LogP contribution in [0.25, 0.3) is 16.8 Å². The summed E-state index contributed by atoms with van der Waals surface area (Å²) in [5, 5.41) is 4.84. The van der Waals surface area contributed by atoms with Crippen LogP contribution in [0.1, 0.15) is 31.2 Å². The monoisotopic (exact) mass is 438 g/mol. The molecule has 1 saturated heterocycles. The average Bonchev–Trinajstić information content (AvgIpc) is 3.13. The Morgan fingerprint density at radius 3 is 2.47 bits per heavy atom. The van der Waals surface area contributed by atoms with Crippen LogP contribution in [0.2, 0.25) is 0 Å². The number of fused-ring (bicyclic) bond motifs is 1. The highest BCUT2D eigenvalue weighted by molar-refractivity contribution is 5.82. The van der Waals surface area contributed by atoms with E-state index >= 15 is 0 Å². The van der Waals surface area contributed by atoms with E-state index in [0.717, 1.165) is 59.9 Å². The molecular formula is C24H30N4O4. The Balaban J connectivity index is 1.71. The third-order valence-electron chi connectivity index (χ3n) is 5.98. The molecular weight excluding hydrogens is 408 g/mol. The van der Waals surface area contributed by atoms with Crippen LogP contribution in [0.4, 0.5) is 5.82 Å². The number of carbonyl (C=O) groups excluding carboxylic acids is 1. The third kappa shape index (κ3) is 3.97. The van der Waals surface area contributed by atoms with Gasteiger partial charge in [-0.05, 0) is 51.3 Å². The van der Waals surface area contributed by atoms with Crippen molar-refractivity contribution < 1.29 is 19.0 Å². The second-order valence-corrected chi connectivity index (χ2v) is 8.03. The molecule has 32 heavy (non-hydrogen) atoms. The van der Waals surface area contributed by atoms with Crippen molar-refractivity contribution in [1.29, 1.82) is 0 Å². The zero-order chi connectivity index (χ0) is 22.8. The van der Waals surface area contributed by atoms with Gasteiger partial charge >= 0.3 is 5.97 Å². The molecule has 0 atom stereocenters. The molecule has 8 nitrogen and oxygen atoms in total. The van der Waals surface area contributed by atoms with Crippen molar-refractivity contribution in [3.8, 4) is 22.6 Å². The highest BCUT2D eigenvalue weighted by Gasteiger charge is 2.28. The molecule has 0 aliphatic carbocycles. The first-order valence-corrected chi connectivity index (χ1v) is 11.0. The van der Waals surface area contributed by atoms with Gasteiger partial charge in [-0.2, -0.15) is 9.61 Å². The zero-order valence-corrected chi connectivity index (χ0v) is 19.3. The number of hydrogen-bond donors (Lipinski definition) is 0. The maximum absolute atomic E-state index is 12.1. The Morgan fingerprint density at radius 2 is 1.81 bits per heavy atom. The SMILES string of the molecule is CCOC(=O)C1CCN(c2cc(C)nc3c(-c4ccc(OC)c(OC)c4)c(C)nn23)CC1. The minimum absolute atomic E-state index is 0.0358. The standard InChI is InChI=1S/C24H30N4O4/c1-6-32-24(29)17-9-11-27(12-10-17)21-13-15(2)25-23-22(16(3)26-28(21)23)18-7-8-19(30-4)20(14-18)31-5/h7-8,13-14,17H,6,9-12H2,1-5H3. The van der Waals surface area contributed by atoms with Crippen molar-refractivity contribution in [1.82, 2.24) is 14.6 Å². The highest BCUT2D eigenvalue weighted by Crippen LogP contribution is 2.36. The van der Waals surface area contributed by atoms with Gasteiger partial charge in [0.2, 0.25) is 0 Å². The lowest BCUT2D eigenvalue weighted by Crippen LogP contribution is -2.38. The number of benzene rings is 1. The van der Waals surface area contributed by atoms with E-state index in [9.17, 15) is 4.79 Å². The van der Waals surface area contributed by atoms with Gasteiger partial charge in [-0.15, -0.1) is 0 Å². The maximum atomic E-state index is 12.1. The van der Waals surface area contributed by atoms with Crippen LogP contribution in [0.5, 0.6) is 11.5 Å². The van der Waals surface area contributed by atoms with Crippen molar-refractivity contribution >= 4 is 17.4 Å². The Hall–Kier alpha value is -3.29. The van der Waals surface area contributed by atoms with Crippen molar-refractivity contribution in [2.75, 3.05) is 38.8 Å². The van der Waals surface area contributed by atoms with E-state index in [1.54, 1.807) is 14.2 Å². The fourth-order valence-electron chi connectivity index (χ4n) is 4.38. The van der Waals surface area contributed by atoms with E-state index < -0.39 is 0 Å². The van der Waals surface area contributed by atoms with Gasteiger partial charge in [0.05, 0.1) is 32.4 Å². The lowest BCUT2D eigenvalue weighted by Gasteiger charge is -2.32. The Bertz CT molecular complexity index is 1130. The number of rotatable bonds is 6. The zero-order valence-electron chi connectivity index (χ0n) is 19.3. The Labute approximate surface area is 188 Å². The molecule has 0 radical (unpaired) electrons. The predicted molar refractivity (Wildman–Crippen MR) is 123 cm³/mol. The molecule has 3 heterocycles. The van der Waals surface area contributed by atoms with Crippen LogP contribution in [-0.2, 0) is 9.53 Å². The molecule has 0 unspecified atom stereocenters. The second kappa shape index (κ2) is 9.06. The fraction of sp³-hybridized carbons (Fsp3) is 0.458. The van der Waals surface area contributed by atoms with E-state index in [4.69, 9.17) is 24.3 Å². The topological polar surface area (TPSA) is 78.2 Å². The number of nitrogens with zero attached hydrogens (tertiary/aromatic N) is 4. The minimum atomic E-state index is -0.0890. The molecule has 0 bridgehead atoms. The molecule has 2 aromatic heterocycles. The normalized spacial score (nSPS) is 14.6. The smallest absolute Gasteiger partial charge is 0.309 e. The molecule has 1 aromatic carbocycles. The van der Waals surface area contributed by atoms with Crippen molar-refractivity contribution in [2.24, 2.45) is 5.92 Å². The number of carbonyl (C=O) groups is 1. The molecule has 0 amide bonds. The van der Waals surface area contributed by atoms with Crippen molar-refractivity contribution in [3.05, 3.63) is 35.7 Å². The number of aromatic nitrogens is 3. The number of methoxy groups -OCH3 is 2. The molecule has 0 spiro atoms. The van der Waals surface area contributed by atoms with E-state index in [-0.39, 0.29) is 11.9 Å². The molecule has 0 saturated carbocycles. The summed E-state index contributed by atoms with van der Waals surface area (Å²) in [5.41, 5.74) is 4.55. The van der Waals surface area contributed by atoms with Gasteiger partial charge in [-0.1, -0.05) is 6.07 Å². The van der Waals surface area contributed by atoms with Crippen LogP contribution < -0.4 is 14.4 Å². The molecule has 170 valence electrons. The first-order valence-electron chi connectivity index (χ1n) is 11.0. The molecule has 1 aliphatic rings. The van der Waals surface area contributed by atoms with Crippen LogP contribution in [0.3, 0.4) is 0 Å².